The summed E-state index contributed by atoms with van der Waals surface area (Å²) in [5.41, 5.74) is 1.11. The number of hydrogen-bond acceptors (Lipinski definition) is 4. The number of carbonyl (C=O) groups excluding carboxylic acids is 1. The summed E-state index contributed by atoms with van der Waals surface area (Å²) in [5.74, 6) is 0.742. The molecule has 1 fully saturated rings. The molecule has 0 atom stereocenters. The summed E-state index contributed by atoms with van der Waals surface area (Å²) < 4.78 is 1.72. The van der Waals surface area contributed by atoms with Gasteiger partial charge in [-0.2, -0.15) is 0 Å². The molecule has 6 nitrogen and oxygen atoms in total. The first kappa shape index (κ1) is 15.7. The Bertz CT molecular complexity index is 661. The maximum Gasteiger partial charge on any atom is 0.234 e. The van der Waals surface area contributed by atoms with Crippen molar-refractivity contribution in [3.63, 3.8) is 0 Å². The molecule has 1 saturated carbocycles. The molecule has 2 N–H and O–H groups in total. The molecule has 0 saturated heterocycles. The smallest absolute Gasteiger partial charge is 0.234 e. The monoisotopic (exact) mass is 313 g/mol. The predicted octanol–water partition coefficient (Wildman–Crippen LogP) is 1.62. The number of hydrogen-bond donors (Lipinski definition) is 2. The normalized spacial score (nSPS) is 14.7. The van der Waals surface area contributed by atoms with E-state index in [1.165, 1.54) is 12.8 Å². The molecule has 1 aliphatic carbocycles. The van der Waals surface area contributed by atoms with Crippen LogP contribution in [0.25, 0.3) is 5.69 Å². The van der Waals surface area contributed by atoms with Crippen molar-refractivity contribution in [1.29, 1.82) is 0 Å². The van der Waals surface area contributed by atoms with Gasteiger partial charge in [-0.05, 0) is 51.3 Å². The van der Waals surface area contributed by atoms with Gasteiger partial charge in [0, 0.05) is 0 Å². The quantitative estimate of drug-likeness (QED) is 0.815. The van der Waals surface area contributed by atoms with E-state index in [1.807, 2.05) is 50.4 Å². The summed E-state index contributed by atoms with van der Waals surface area (Å²) in [6.45, 7) is 5.14. The summed E-state index contributed by atoms with van der Waals surface area (Å²) >= 11 is 0. The summed E-state index contributed by atoms with van der Waals surface area (Å²) in [7, 11) is 0. The third-order valence-corrected chi connectivity index (χ3v) is 4.02. The minimum absolute atomic E-state index is 0.0232. The van der Waals surface area contributed by atoms with Crippen LogP contribution < -0.4 is 10.6 Å². The van der Waals surface area contributed by atoms with Crippen molar-refractivity contribution in [1.82, 2.24) is 25.6 Å². The molecule has 0 radical (unpaired) electrons. The van der Waals surface area contributed by atoms with Crippen molar-refractivity contribution in [3.05, 3.63) is 42.2 Å². The predicted molar refractivity (Wildman–Crippen MR) is 88.1 cm³/mol. The van der Waals surface area contributed by atoms with Crippen LogP contribution in [-0.2, 0) is 10.3 Å². The van der Waals surface area contributed by atoms with Crippen molar-refractivity contribution < 1.29 is 4.79 Å². The average molecular weight is 313 g/mol. The summed E-state index contributed by atoms with van der Waals surface area (Å²) in [5, 5.41) is 14.6. The molecule has 0 unspecified atom stereocenters. The Labute approximate surface area is 136 Å². The van der Waals surface area contributed by atoms with Gasteiger partial charge in [-0.15, -0.1) is 5.10 Å². The summed E-state index contributed by atoms with van der Waals surface area (Å²) in [6, 6.07) is 9.79. The van der Waals surface area contributed by atoms with E-state index < -0.39 is 5.54 Å². The Hall–Kier alpha value is -2.21. The first-order valence-electron chi connectivity index (χ1n) is 8.04. The third kappa shape index (κ3) is 4.16. The number of nitrogens with one attached hydrogen (secondary N) is 2. The van der Waals surface area contributed by atoms with Gasteiger partial charge in [0.05, 0.1) is 24.0 Å². The molecule has 0 bridgehead atoms. The van der Waals surface area contributed by atoms with Crippen molar-refractivity contribution in [2.75, 3.05) is 13.1 Å². The van der Waals surface area contributed by atoms with E-state index in [0.29, 0.717) is 6.54 Å². The van der Waals surface area contributed by atoms with Gasteiger partial charge in [0.15, 0.2) is 0 Å². The van der Waals surface area contributed by atoms with Crippen LogP contribution >= 0.6 is 0 Å². The lowest BCUT2D eigenvalue weighted by Gasteiger charge is -2.23. The highest BCUT2D eigenvalue weighted by Crippen LogP contribution is 2.27. The Morgan fingerprint density at radius 3 is 2.74 bits per heavy atom. The average Bonchev–Trinajstić information content (AvgIpc) is 3.20. The van der Waals surface area contributed by atoms with Gasteiger partial charge in [0.1, 0.15) is 5.69 Å². The van der Waals surface area contributed by atoms with Crippen LogP contribution in [0.5, 0.6) is 0 Å². The van der Waals surface area contributed by atoms with Gasteiger partial charge in [-0.1, -0.05) is 23.4 Å². The number of carbonyl (C=O) groups is 1. The molecule has 6 heteroatoms. The Kier molecular flexibility index (Phi) is 4.43. The minimum atomic E-state index is -0.564. The third-order valence-electron chi connectivity index (χ3n) is 4.02. The topological polar surface area (TPSA) is 71.8 Å². The van der Waals surface area contributed by atoms with Crippen molar-refractivity contribution >= 4 is 5.91 Å². The van der Waals surface area contributed by atoms with E-state index in [2.05, 4.69) is 20.9 Å². The molecular weight excluding hydrogens is 290 g/mol. The number of nitrogens with zero attached hydrogens (tertiary/aromatic N) is 3. The van der Waals surface area contributed by atoms with Crippen LogP contribution in [0, 0.1) is 5.92 Å². The van der Waals surface area contributed by atoms with Crippen LogP contribution in [0.1, 0.15) is 32.4 Å². The zero-order valence-electron chi connectivity index (χ0n) is 13.6. The number of aromatic nitrogens is 3. The van der Waals surface area contributed by atoms with E-state index in [0.717, 1.165) is 23.8 Å². The van der Waals surface area contributed by atoms with Crippen LogP contribution in [0.3, 0.4) is 0 Å². The Balaban J connectivity index is 1.60. The van der Waals surface area contributed by atoms with E-state index in [1.54, 1.807) is 4.68 Å². The van der Waals surface area contributed by atoms with Crippen LogP contribution in [0.2, 0.25) is 0 Å². The largest absolute Gasteiger partial charge is 0.344 e. The highest BCUT2D eigenvalue weighted by atomic mass is 16.2. The van der Waals surface area contributed by atoms with Crippen LogP contribution in [-0.4, -0.2) is 34.0 Å². The van der Waals surface area contributed by atoms with Gasteiger partial charge < -0.3 is 10.6 Å². The van der Waals surface area contributed by atoms with E-state index >= 15 is 0 Å². The first-order valence-corrected chi connectivity index (χ1v) is 8.04. The fourth-order valence-electron chi connectivity index (χ4n) is 2.43. The molecule has 0 spiro atoms. The lowest BCUT2D eigenvalue weighted by Crippen LogP contribution is -2.45. The molecule has 3 rings (SSSR count). The molecule has 2 aromatic rings. The lowest BCUT2D eigenvalue weighted by molar-refractivity contribution is -0.122. The van der Waals surface area contributed by atoms with Crippen molar-refractivity contribution in [2.45, 2.75) is 32.2 Å². The molecule has 1 aromatic carbocycles. The van der Waals surface area contributed by atoms with E-state index in [-0.39, 0.29) is 5.91 Å². The Morgan fingerprint density at radius 1 is 1.30 bits per heavy atom. The molecule has 1 aromatic heterocycles. The molecule has 23 heavy (non-hydrogen) atoms. The zero-order valence-corrected chi connectivity index (χ0v) is 13.6. The maximum absolute atomic E-state index is 12.1. The number of rotatable bonds is 7. The van der Waals surface area contributed by atoms with Gasteiger partial charge in [-0.3, -0.25) is 4.79 Å². The van der Waals surface area contributed by atoms with Gasteiger partial charge >= 0.3 is 0 Å². The molecule has 122 valence electrons. The van der Waals surface area contributed by atoms with Gasteiger partial charge in [0.2, 0.25) is 5.91 Å². The lowest BCUT2D eigenvalue weighted by atomic mass is 10.0. The number of para-hydroxylation sites is 1. The van der Waals surface area contributed by atoms with Gasteiger partial charge in [-0.25, -0.2) is 4.68 Å². The second-order valence-electron chi connectivity index (χ2n) is 6.63. The number of amides is 1. The second kappa shape index (κ2) is 6.50. The number of benzene rings is 1. The molecule has 0 aliphatic heterocycles. The molecule has 1 aliphatic rings. The molecule has 1 heterocycles. The van der Waals surface area contributed by atoms with E-state index in [9.17, 15) is 4.79 Å². The maximum atomic E-state index is 12.1. The SMILES string of the molecule is CC(C)(NC(=O)CNCC1CC1)c1cn(-c2ccccc2)nn1. The summed E-state index contributed by atoms with van der Waals surface area (Å²) in [6.07, 6.45) is 4.42. The first-order chi connectivity index (χ1) is 11.0. The standard InChI is InChI=1S/C17H23N5O/c1-17(2,19-16(23)11-18-10-13-8-9-13)15-12-22(21-20-15)14-6-4-3-5-7-14/h3-7,12-13,18H,8-11H2,1-2H3,(H,19,23). The summed E-state index contributed by atoms with van der Waals surface area (Å²) in [4.78, 5) is 12.1. The highest BCUT2D eigenvalue weighted by molar-refractivity contribution is 5.78. The van der Waals surface area contributed by atoms with Crippen LogP contribution in [0.15, 0.2) is 36.5 Å². The second-order valence-corrected chi connectivity index (χ2v) is 6.63. The molecule has 1 amide bonds. The van der Waals surface area contributed by atoms with Crippen molar-refractivity contribution in [3.8, 4) is 5.69 Å². The fourth-order valence-corrected chi connectivity index (χ4v) is 2.43. The highest BCUT2D eigenvalue weighted by Gasteiger charge is 2.27. The van der Waals surface area contributed by atoms with E-state index in [4.69, 9.17) is 0 Å². The fraction of sp³-hybridized carbons (Fsp3) is 0.471. The zero-order chi connectivity index (χ0) is 16.3. The molecular formula is C17H23N5O. The van der Waals surface area contributed by atoms with Gasteiger partial charge in [0.25, 0.3) is 0 Å². The van der Waals surface area contributed by atoms with Crippen LogP contribution in [0.4, 0.5) is 0 Å². The minimum Gasteiger partial charge on any atom is -0.344 e. The van der Waals surface area contributed by atoms with Crippen molar-refractivity contribution in [2.24, 2.45) is 5.92 Å². The Morgan fingerprint density at radius 2 is 2.04 bits per heavy atom.